The SMILES string of the molecule is CCCCC(=O)NCCNC(=O)c1csc(COc2cc(C)ccc2C(C)C)n1. The predicted octanol–water partition coefficient (Wildman–Crippen LogP) is 4.19. The molecule has 29 heavy (non-hydrogen) atoms. The van der Waals surface area contributed by atoms with Gasteiger partial charge in [0.05, 0.1) is 0 Å². The van der Waals surface area contributed by atoms with Crippen LogP contribution < -0.4 is 15.4 Å². The number of amides is 2. The summed E-state index contributed by atoms with van der Waals surface area (Å²) in [7, 11) is 0. The quantitative estimate of drug-likeness (QED) is 0.537. The first kappa shape index (κ1) is 22.9. The summed E-state index contributed by atoms with van der Waals surface area (Å²) in [4.78, 5) is 28.1. The Morgan fingerprint density at radius 2 is 1.97 bits per heavy atom. The summed E-state index contributed by atoms with van der Waals surface area (Å²) in [5.74, 6) is 1.01. The molecule has 0 bridgehead atoms. The summed E-state index contributed by atoms with van der Waals surface area (Å²) in [6.07, 6.45) is 2.39. The van der Waals surface area contributed by atoms with Gasteiger partial charge in [0.2, 0.25) is 5.91 Å². The fourth-order valence-corrected chi connectivity index (χ4v) is 3.44. The molecule has 2 N–H and O–H groups in total. The van der Waals surface area contributed by atoms with Crippen LogP contribution in [0.4, 0.5) is 0 Å². The summed E-state index contributed by atoms with van der Waals surface area (Å²) >= 11 is 1.40. The number of unbranched alkanes of at least 4 members (excludes halogenated alkanes) is 1. The van der Waals surface area contributed by atoms with Gasteiger partial charge in [0, 0.05) is 24.9 Å². The molecule has 2 aromatic rings. The topological polar surface area (TPSA) is 80.3 Å². The predicted molar refractivity (Wildman–Crippen MR) is 117 cm³/mol. The zero-order valence-corrected chi connectivity index (χ0v) is 18.5. The van der Waals surface area contributed by atoms with Gasteiger partial charge in [-0.1, -0.05) is 39.3 Å². The van der Waals surface area contributed by atoms with Gasteiger partial charge >= 0.3 is 0 Å². The van der Waals surface area contributed by atoms with Crippen LogP contribution in [0.2, 0.25) is 0 Å². The number of carbonyl (C=O) groups excluding carboxylic acids is 2. The van der Waals surface area contributed by atoms with E-state index in [0.29, 0.717) is 37.7 Å². The van der Waals surface area contributed by atoms with Crippen molar-refractivity contribution in [3.63, 3.8) is 0 Å². The Kier molecular flexibility index (Phi) is 9.12. The second-order valence-electron chi connectivity index (χ2n) is 7.32. The Balaban J connectivity index is 1.81. The molecule has 158 valence electrons. The number of aromatic nitrogens is 1. The fourth-order valence-electron chi connectivity index (χ4n) is 2.76. The van der Waals surface area contributed by atoms with Crippen molar-refractivity contribution >= 4 is 23.2 Å². The van der Waals surface area contributed by atoms with Gasteiger partial charge in [-0.05, 0) is 36.5 Å². The first-order valence-electron chi connectivity index (χ1n) is 10.1. The molecule has 0 spiro atoms. The van der Waals surface area contributed by atoms with Crippen molar-refractivity contribution in [3.05, 3.63) is 45.4 Å². The van der Waals surface area contributed by atoms with E-state index in [2.05, 4.69) is 41.6 Å². The van der Waals surface area contributed by atoms with Gasteiger partial charge in [-0.2, -0.15) is 0 Å². The lowest BCUT2D eigenvalue weighted by Crippen LogP contribution is -2.34. The smallest absolute Gasteiger partial charge is 0.270 e. The van der Waals surface area contributed by atoms with Crippen molar-refractivity contribution in [1.82, 2.24) is 15.6 Å². The molecule has 0 aliphatic carbocycles. The number of hydrogen-bond acceptors (Lipinski definition) is 5. The van der Waals surface area contributed by atoms with Gasteiger partial charge in [-0.3, -0.25) is 9.59 Å². The number of benzene rings is 1. The van der Waals surface area contributed by atoms with E-state index >= 15 is 0 Å². The Morgan fingerprint density at radius 1 is 1.21 bits per heavy atom. The number of ether oxygens (including phenoxy) is 1. The average Bonchev–Trinajstić information content (AvgIpc) is 3.17. The van der Waals surface area contributed by atoms with Crippen molar-refractivity contribution in [1.29, 1.82) is 0 Å². The molecule has 0 aliphatic rings. The average molecular weight is 418 g/mol. The molecular weight excluding hydrogens is 386 g/mol. The van der Waals surface area contributed by atoms with Crippen LogP contribution >= 0.6 is 11.3 Å². The second-order valence-corrected chi connectivity index (χ2v) is 8.26. The van der Waals surface area contributed by atoms with Crippen LogP contribution in [0.25, 0.3) is 0 Å². The van der Waals surface area contributed by atoms with Crippen LogP contribution in [0.15, 0.2) is 23.6 Å². The highest BCUT2D eigenvalue weighted by Gasteiger charge is 2.13. The molecule has 1 aromatic heterocycles. The molecule has 2 rings (SSSR count). The molecule has 0 saturated heterocycles. The highest BCUT2D eigenvalue weighted by atomic mass is 32.1. The fraction of sp³-hybridized carbons (Fsp3) is 0.500. The number of hydrogen-bond donors (Lipinski definition) is 2. The Morgan fingerprint density at radius 3 is 2.69 bits per heavy atom. The molecule has 7 heteroatoms. The molecule has 0 saturated carbocycles. The van der Waals surface area contributed by atoms with Crippen molar-refractivity contribution in [3.8, 4) is 5.75 Å². The van der Waals surface area contributed by atoms with Gasteiger partial charge in [0.15, 0.2) is 0 Å². The lowest BCUT2D eigenvalue weighted by molar-refractivity contribution is -0.121. The Labute approximate surface area is 177 Å². The first-order chi connectivity index (χ1) is 13.9. The normalized spacial score (nSPS) is 10.8. The third-order valence-electron chi connectivity index (χ3n) is 4.42. The van der Waals surface area contributed by atoms with Crippen LogP contribution in [0.5, 0.6) is 5.75 Å². The maximum absolute atomic E-state index is 12.2. The molecule has 0 radical (unpaired) electrons. The van der Waals surface area contributed by atoms with Crippen molar-refractivity contribution in [2.24, 2.45) is 0 Å². The molecule has 0 aliphatic heterocycles. The summed E-state index contributed by atoms with van der Waals surface area (Å²) < 4.78 is 5.98. The van der Waals surface area contributed by atoms with E-state index in [0.717, 1.165) is 34.7 Å². The van der Waals surface area contributed by atoms with Crippen LogP contribution in [0.1, 0.15) is 72.6 Å². The number of thiazole rings is 1. The molecule has 0 unspecified atom stereocenters. The molecular formula is C22H31N3O3S. The number of aryl methyl sites for hydroxylation is 1. The number of rotatable bonds is 11. The minimum absolute atomic E-state index is 0.0195. The molecule has 1 aromatic carbocycles. The summed E-state index contributed by atoms with van der Waals surface area (Å²) in [5.41, 5.74) is 2.68. The van der Waals surface area contributed by atoms with Gasteiger partial charge in [-0.15, -0.1) is 11.3 Å². The van der Waals surface area contributed by atoms with Crippen molar-refractivity contribution < 1.29 is 14.3 Å². The number of nitrogens with one attached hydrogen (secondary N) is 2. The lowest BCUT2D eigenvalue weighted by atomic mass is 10.0. The van der Waals surface area contributed by atoms with E-state index in [4.69, 9.17) is 4.74 Å². The Hall–Kier alpha value is -2.41. The van der Waals surface area contributed by atoms with Gasteiger partial charge in [0.25, 0.3) is 5.91 Å². The molecule has 0 fully saturated rings. The highest BCUT2D eigenvalue weighted by Crippen LogP contribution is 2.28. The summed E-state index contributed by atoms with van der Waals surface area (Å²) in [6, 6.07) is 6.21. The van der Waals surface area contributed by atoms with Gasteiger partial charge < -0.3 is 15.4 Å². The van der Waals surface area contributed by atoms with Crippen molar-refractivity contribution in [2.75, 3.05) is 13.1 Å². The lowest BCUT2D eigenvalue weighted by Gasteiger charge is -2.14. The minimum Gasteiger partial charge on any atom is -0.486 e. The Bertz CT molecular complexity index is 817. The molecule has 2 amide bonds. The molecule has 6 nitrogen and oxygen atoms in total. The first-order valence-corrected chi connectivity index (χ1v) is 11.0. The van der Waals surface area contributed by atoms with Crippen LogP contribution in [-0.4, -0.2) is 29.9 Å². The zero-order chi connectivity index (χ0) is 21.2. The molecule has 1 heterocycles. The van der Waals surface area contributed by atoms with E-state index in [1.807, 2.05) is 19.9 Å². The van der Waals surface area contributed by atoms with Crippen LogP contribution in [0.3, 0.4) is 0 Å². The highest BCUT2D eigenvalue weighted by molar-refractivity contribution is 7.09. The monoisotopic (exact) mass is 417 g/mol. The maximum Gasteiger partial charge on any atom is 0.270 e. The van der Waals surface area contributed by atoms with Gasteiger partial charge in [-0.25, -0.2) is 4.98 Å². The number of nitrogens with zero attached hydrogens (tertiary/aromatic N) is 1. The minimum atomic E-state index is -0.242. The third kappa shape index (κ3) is 7.49. The van der Waals surface area contributed by atoms with E-state index in [-0.39, 0.29) is 11.8 Å². The summed E-state index contributed by atoms with van der Waals surface area (Å²) in [6.45, 7) is 9.47. The molecule has 0 atom stereocenters. The third-order valence-corrected chi connectivity index (χ3v) is 5.24. The van der Waals surface area contributed by atoms with Crippen LogP contribution in [0, 0.1) is 6.92 Å². The van der Waals surface area contributed by atoms with E-state index in [1.54, 1.807) is 5.38 Å². The van der Waals surface area contributed by atoms with E-state index in [9.17, 15) is 9.59 Å². The van der Waals surface area contributed by atoms with E-state index < -0.39 is 0 Å². The van der Waals surface area contributed by atoms with Crippen molar-refractivity contribution in [2.45, 2.75) is 59.5 Å². The zero-order valence-electron chi connectivity index (χ0n) is 17.7. The maximum atomic E-state index is 12.2. The van der Waals surface area contributed by atoms with Crippen LogP contribution in [-0.2, 0) is 11.4 Å². The summed E-state index contributed by atoms with van der Waals surface area (Å²) in [5, 5.41) is 8.05. The standard InChI is InChI=1S/C22H31N3O3S/c1-5-6-7-20(26)23-10-11-24-22(27)18-14-29-21(25-18)13-28-19-12-16(4)8-9-17(19)15(2)3/h8-9,12,14-15H,5-7,10-11,13H2,1-4H3,(H,23,26)(H,24,27). The largest absolute Gasteiger partial charge is 0.486 e. The second kappa shape index (κ2) is 11.6. The van der Waals surface area contributed by atoms with E-state index in [1.165, 1.54) is 11.3 Å². The van der Waals surface area contributed by atoms with Gasteiger partial charge in [0.1, 0.15) is 23.1 Å². The number of carbonyl (C=O) groups is 2.